The normalized spacial score (nSPS) is 17.3. The first-order chi connectivity index (χ1) is 11.6. The monoisotopic (exact) mass is 340 g/mol. The van der Waals surface area contributed by atoms with Gasteiger partial charge in [0.25, 0.3) is 0 Å². The molecule has 1 aliphatic rings. The van der Waals surface area contributed by atoms with Crippen molar-refractivity contribution >= 4 is 20.9 Å². The Hall–Kier alpha value is -2.11. The lowest BCUT2D eigenvalue weighted by atomic mass is 9.95. The van der Waals surface area contributed by atoms with Crippen molar-refractivity contribution in [1.29, 1.82) is 0 Å². The zero-order valence-electron chi connectivity index (χ0n) is 13.4. The number of sulfonamides is 1. The Kier molecular flexibility index (Phi) is 3.90. The number of benzene rings is 2. The van der Waals surface area contributed by atoms with Crippen molar-refractivity contribution in [2.45, 2.75) is 23.7 Å². The first kappa shape index (κ1) is 15.4. The molecule has 0 spiro atoms. The van der Waals surface area contributed by atoms with Gasteiger partial charge in [0.15, 0.2) is 0 Å². The van der Waals surface area contributed by atoms with Crippen molar-refractivity contribution < 1.29 is 8.42 Å². The molecular formula is C19H20N2O2S. The van der Waals surface area contributed by atoms with E-state index in [0.717, 1.165) is 18.4 Å². The lowest BCUT2D eigenvalue weighted by molar-refractivity contribution is 0.317. The van der Waals surface area contributed by atoms with E-state index in [-0.39, 0.29) is 0 Å². The summed E-state index contributed by atoms with van der Waals surface area (Å²) < 4.78 is 27.0. The second-order valence-electron chi connectivity index (χ2n) is 6.30. The van der Waals surface area contributed by atoms with Crippen LogP contribution in [0.2, 0.25) is 0 Å². The van der Waals surface area contributed by atoms with E-state index < -0.39 is 10.0 Å². The minimum absolute atomic E-state index is 0.383. The Labute approximate surface area is 142 Å². The lowest BCUT2D eigenvalue weighted by Crippen LogP contribution is -2.37. The third-order valence-electron chi connectivity index (χ3n) is 4.83. The summed E-state index contributed by atoms with van der Waals surface area (Å²) >= 11 is 0. The van der Waals surface area contributed by atoms with Gasteiger partial charge in [0.05, 0.1) is 4.90 Å². The molecule has 1 aliphatic heterocycles. The molecule has 0 radical (unpaired) electrons. The van der Waals surface area contributed by atoms with Crippen LogP contribution in [0, 0.1) is 0 Å². The molecule has 4 nitrogen and oxygen atoms in total. The first-order valence-corrected chi connectivity index (χ1v) is 9.71. The topological polar surface area (TPSA) is 53.2 Å². The molecule has 5 heteroatoms. The van der Waals surface area contributed by atoms with E-state index in [1.807, 2.05) is 18.2 Å². The van der Waals surface area contributed by atoms with Gasteiger partial charge in [-0.15, -0.1) is 0 Å². The lowest BCUT2D eigenvalue weighted by Gasteiger charge is -2.30. The SMILES string of the molecule is O=S(=O)(c1ccccc1)N1CCC(c2cc3ccccc3[nH]2)CC1. The summed E-state index contributed by atoms with van der Waals surface area (Å²) in [5, 5.41) is 1.21. The van der Waals surface area contributed by atoms with Crippen molar-refractivity contribution in [3.8, 4) is 0 Å². The molecular weight excluding hydrogens is 320 g/mol. The van der Waals surface area contributed by atoms with E-state index in [2.05, 4.69) is 23.2 Å². The van der Waals surface area contributed by atoms with E-state index in [1.54, 1.807) is 28.6 Å². The number of fused-ring (bicyclic) bond motifs is 1. The maximum atomic E-state index is 12.7. The molecule has 0 aliphatic carbocycles. The summed E-state index contributed by atoms with van der Waals surface area (Å²) in [6.07, 6.45) is 1.69. The summed E-state index contributed by atoms with van der Waals surface area (Å²) in [7, 11) is -3.37. The van der Waals surface area contributed by atoms with Gasteiger partial charge in [-0.05, 0) is 42.5 Å². The summed E-state index contributed by atoms with van der Waals surface area (Å²) in [5.74, 6) is 0.389. The number of nitrogens with one attached hydrogen (secondary N) is 1. The van der Waals surface area contributed by atoms with Gasteiger partial charge in [-0.1, -0.05) is 36.4 Å². The second kappa shape index (κ2) is 6.07. The molecule has 4 rings (SSSR count). The Morgan fingerprint density at radius 3 is 2.29 bits per heavy atom. The fourth-order valence-electron chi connectivity index (χ4n) is 3.46. The van der Waals surface area contributed by atoms with E-state index in [1.165, 1.54) is 11.1 Å². The molecule has 1 aromatic heterocycles. The molecule has 1 fully saturated rings. The minimum Gasteiger partial charge on any atom is -0.358 e. The highest BCUT2D eigenvalue weighted by atomic mass is 32.2. The van der Waals surface area contributed by atoms with Crippen LogP contribution in [0.4, 0.5) is 0 Å². The highest BCUT2D eigenvalue weighted by Crippen LogP contribution is 2.31. The molecule has 3 aromatic rings. The summed E-state index contributed by atoms with van der Waals surface area (Å²) in [6.45, 7) is 1.13. The number of H-pyrrole nitrogens is 1. The van der Waals surface area contributed by atoms with Crippen LogP contribution < -0.4 is 0 Å². The Balaban J connectivity index is 1.50. The highest BCUT2D eigenvalue weighted by Gasteiger charge is 2.30. The van der Waals surface area contributed by atoms with Crippen LogP contribution in [0.25, 0.3) is 10.9 Å². The Bertz CT molecular complexity index is 907. The smallest absolute Gasteiger partial charge is 0.243 e. The first-order valence-electron chi connectivity index (χ1n) is 8.27. The van der Waals surface area contributed by atoms with Gasteiger partial charge in [0, 0.05) is 30.2 Å². The Morgan fingerprint density at radius 1 is 0.917 bits per heavy atom. The zero-order chi connectivity index (χ0) is 16.6. The van der Waals surface area contributed by atoms with Crippen LogP contribution in [0.15, 0.2) is 65.6 Å². The number of piperidine rings is 1. The number of hydrogen-bond donors (Lipinski definition) is 1. The third kappa shape index (κ3) is 2.74. The van der Waals surface area contributed by atoms with E-state index in [9.17, 15) is 8.42 Å². The largest absolute Gasteiger partial charge is 0.358 e. The van der Waals surface area contributed by atoms with Crippen LogP contribution in [0.3, 0.4) is 0 Å². The maximum Gasteiger partial charge on any atom is 0.243 e. The van der Waals surface area contributed by atoms with Crippen molar-refractivity contribution in [1.82, 2.24) is 9.29 Å². The quantitative estimate of drug-likeness (QED) is 0.790. The number of nitrogens with zero attached hydrogens (tertiary/aromatic N) is 1. The van der Waals surface area contributed by atoms with Crippen LogP contribution >= 0.6 is 0 Å². The average molecular weight is 340 g/mol. The molecule has 0 unspecified atom stereocenters. The molecule has 2 heterocycles. The molecule has 0 amide bonds. The van der Waals surface area contributed by atoms with Gasteiger partial charge in [0.1, 0.15) is 0 Å². The highest BCUT2D eigenvalue weighted by molar-refractivity contribution is 7.89. The van der Waals surface area contributed by atoms with E-state index in [4.69, 9.17) is 0 Å². The predicted molar refractivity (Wildman–Crippen MR) is 95.5 cm³/mol. The van der Waals surface area contributed by atoms with Gasteiger partial charge in [-0.2, -0.15) is 4.31 Å². The van der Waals surface area contributed by atoms with Gasteiger partial charge in [0.2, 0.25) is 10.0 Å². The molecule has 1 saturated heterocycles. The van der Waals surface area contributed by atoms with Gasteiger partial charge in [-0.3, -0.25) is 0 Å². The van der Waals surface area contributed by atoms with Crippen LogP contribution in [0.5, 0.6) is 0 Å². The number of para-hydroxylation sites is 1. The zero-order valence-corrected chi connectivity index (χ0v) is 14.2. The number of aromatic amines is 1. The second-order valence-corrected chi connectivity index (χ2v) is 8.24. The molecule has 2 aromatic carbocycles. The molecule has 124 valence electrons. The van der Waals surface area contributed by atoms with Crippen molar-refractivity contribution in [2.24, 2.45) is 0 Å². The van der Waals surface area contributed by atoms with Crippen molar-refractivity contribution in [3.05, 3.63) is 66.4 Å². The van der Waals surface area contributed by atoms with Crippen LogP contribution in [0.1, 0.15) is 24.5 Å². The van der Waals surface area contributed by atoms with Gasteiger partial charge in [-0.25, -0.2) is 8.42 Å². The third-order valence-corrected chi connectivity index (χ3v) is 6.74. The van der Waals surface area contributed by atoms with Crippen molar-refractivity contribution in [3.63, 3.8) is 0 Å². The Morgan fingerprint density at radius 2 is 1.58 bits per heavy atom. The van der Waals surface area contributed by atoms with Crippen LogP contribution in [-0.4, -0.2) is 30.8 Å². The fourth-order valence-corrected chi connectivity index (χ4v) is 4.96. The molecule has 0 atom stereocenters. The molecule has 24 heavy (non-hydrogen) atoms. The maximum absolute atomic E-state index is 12.7. The van der Waals surface area contributed by atoms with E-state index in [0.29, 0.717) is 23.9 Å². The summed E-state index contributed by atoms with van der Waals surface area (Å²) in [5.41, 5.74) is 2.36. The minimum atomic E-state index is -3.37. The van der Waals surface area contributed by atoms with Crippen molar-refractivity contribution in [2.75, 3.05) is 13.1 Å². The summed E-state index contributed by atoms with van der Waals surface area (Å²) in [6, 6.07) is 19.1. The number of hydrogen-bond acceptors (Lipinski definition) is 2. The average Bonchev–Trinajstić information content (AvgIpc) is 3.07. The molecule has 1 N–H and O–H groups in total. The molecule has 0 saturated carbocycles. The number of aromatic nitrogens is 1. The predicted octanol–water partition coefficient (Wildman–Crippen LogP) is 3.74. The molecule has 0 bridgehead atoms. The van der Waals surface area contributed by atoms with Crippen LogP contribution in [-0.2, 0) is 10.0 Å². The number of rotatable bonds is 3. The van der Waals surface area contributed by atoms with Gasteiger partial charge < -0.3 is 4.98 Å². The summed E-state index contributed by atoms with van der Waals surface area (Å²) in [4.78, 5) is 3.87. The fraction of sp³-hybridized carbons (Fsp3) is 0.263. The van der Waals surface area contributed by atoms with E-state index >= 15 is 0 Å². The van der Waals surface area contributed by atoms with Gasteiger partial charge >= 0.3 is 0 Å². The standard InChI is InChI=1S/C19H20N2O2S/c22-24(23,17-7-2-1-3-8-17)21-12-10-15(11-13-21)19-14-16-6-4-5-9-18(16)20-19/h1-9,14-15,20H,10-13H2.